The number of hydroxylamine groups is 1. The molecule has 0 bridgehead atoms. The van der Waals surface area contributed by atoms with E-state index in [0.29, 0.717) is 23.2 Å². The number of carboxylic acid groups (broad SMARTS) is 1. The molecular formula is C22H31N3O4S. The Morgan fingerprint density at radius 3 is 2.57 bits per heavy atom. The minimum Gasteiger partial charge on any atom is -0.477 e. The Balaban J connectivity index is 0.000000216. The molecule has 3 rings (SSSR count). The number of nitrogens with zero attached hydrogens (tertiary/aromatic N) is 1. The molecule has 1 aliphatic rings. The number of carboxylic acids is 1. The van der Waals surface area contributed by atoms with Gasteiger partial charge in [-0.1, -0.05) is 61.4 Å². The molecular weight excluding hydrogens is 402 g/mol. The van der Waals surface area contributed by atoms with E-state index in [1.807, 2.05) is 18.2 Å². The van der Waals surface area contributed by atoms with Crippen molar-refractivity contribution in [3.8, 4) is 0 Å². The molecule has 1 aromatic heterocycles. The van der Waals surface area contributed by atoms with Crippen molar-refractivity contribution in [3.05, 3.63) is 46.5 Å². The van der Waals surface area contributed by atoms with E-state index in [1.54, 1.807) is 6.92 Å². The maximum Gasteiger partial charge on any atom is 0.347 e. The van der Waals surface area contributed by atoms with E-state index in [-0.39, 0.29) is 10.8 Å². The molecule has 1 saturated carbocycles. The van der Waals surface area contributed by atoms with Crippen molar-refractivity contribution >= 4 is 28.3 Å². The lowest BCUT2D eigenvalue weighted by Gasteiger charge is -2.05. The maximum atomic E-state index is 11.5. The molecule has 0 unspecified atom stereocenters. The van der Waals surface area contributed by atoms with Gasteiger partial charge in [-0.15, -0.1) is 0 Å². The number of rotatable bonds is 11. The van der Waals surface area contributed by atoms with Crippen molar-refractivity contribution in [1.29, 1.82) is 0 Å². The third kappa shape index (κ3) is 9.47. The predicted molar refractivity (Wildman–Crippen MR) is 119 cm³/mol. The number of aryl methyl sites for hydroxylation is 1. The smallest absolute Gasteiger partial charge is 0.347 e. The van der Waals surface area contributed by atoms with Crippen LogP contribution in [-0.2, 0) is 16.2 Å². The minimum absolute atomic E-state index is 0.0758. The van der Waals surface area contributed by atoms with Gasteiger partial charge >= 0.3 is 5.97 Å². The Morgan fingerprint density at radius 2 is 1.97 bits per heavy atom. The van der Waals surface area contributed by atoms with Gasteiger partial charge in [0.25, 0.3) is 0 Å². The highest BCUT2D eigenvalue weighted by Gasteiger charge is 2.25. The topological polar surface area (TPSA) is 101 Å². The molecule has 0 aliphatic heterocycles. The number of amides is 1. The summed E-state index contributed by atoms with van der Waals surface area (Å²) in [4.78, 5) is 31.7. The lowest BCUT2D eigenvalue weighted by Crippen LogP contribution is -2.14. The first-order valence-corrected chi connectivity index (χ1v) is 11.2. The first-order chi connectivity index (χ1) is 14.5. The SMILES string of the molecule is CCCCCONCc1ccccc1.Cc1nc(NC(=O)CC2CC2)sc1C(=O)O. The average Bonchev–Trinajstić information content (AvgIpc) is 3.45. The fourth-order valence-corrected chi connectivity index (χ4v) is 3.45. The monoisotopic (exact) mass is 433 g/mol. The van der Waals surface area contributed by atoms with Gasteiger partial charge in [0.15, 0.2) is 5.13 Å². The number of hydrogen-bond acceptors (Lipinski definition) is 6. The van der Waals surface area contributed by atoms with E-state index in [9.17, 15) is 9.59 Å². The van der Waals surface area contributed by atoms with Crippen molar-refractivity contribution < 1.29 is 19.5 Å². The standard InChI is InChI=1S/C12H19NO.C10H12N2O3S/c1-2-3-7-10-14-13-11-12-8-5-4-6-9-12;1-5-8(9(14)15)16-10(11-5)12-7(13)4-6-2-3-6/h4-6,8-9,13H,2-3,7,10-11H2,1H3;6H,2-4H2,1H3,(H,14,15)(H,11,12,13). The number of hydrogen-bond donors (Lipinski definition) is 3. The van der Waals surface area contributed by atoms with Crippen LogP contribution in [0.5, 0.6) is 0 Å². The van der Waals surface area contributed by atoms with Gasteiger partial charge in [-0.25, -0.2) is 9.78 Å². The molecule has 0 radical (unpaired) electrons. The fourth-order valence-electron chi connectivity index (χ4n) is 2.63. The van der Waals surface area contributed by atoms with Crippen molar-refractivity contribution in [3.63, 3.8) is 0 Å². The fraction of sp³-hybridized carbons (Fsp3) is 0.500. The molecule has 0 spiro atoms. The molecule has 0 saturated heterocycles. The van der Waals surface area contributed by atoms with Crippen LogP contribution in [0.4, 0.5) is 5.13 Å². The summed E-state index contributed by atoms with van der Waals surface area (Å²) in [5.74, 6) is -0.564. The Hall–Kier alpha value is -2.29. The summed E-state index contributed by atoms with van der Waals surface area (Å²) < 4.78 is 0. The van der Waals surface area contributed by atoms with Crippen molar-refractivity contribution in [2.75, 3.05) is 11.9 Å². The molecule has 1 fully saturated rings. The largest absolute Gasteiger partial charge is 0.477 e. The average molecular weight is 434 g/mol. The number of thiazole rings is 1. The number of aromatic nitrogens is 1. The van der Waals surface area contributed by atoms with Gasteiger partial charge in [0.1, 0.15) is 4.88 Å². The first-order valence-electron chi connectivity index (χ1n) is 10.4. The number of benzene rings is 1. The second kappa shape index (κ2) is 13.1. The molecule has 7 nitrogen and oxygen atoms in total. The quantitative estimate of drug-likeness (QED) is 0.348. The zero-order chi connectivity index (χ0) is 21.8. The second-order valence-corrected chi connectivity index (χ2v) is 8.30. The Morgan fingerprint density at radius 1 is 1.23 bits per heavy atom. The third-order valence-electron chi connectivity index (χ3n) is 4.48. The highest BCUT2D eigenvalue weighted by molar-refractivity contribution is 7.17. The molecule has 3 N–H and O–H groups in total. The number of anilines is 1. The summed E-state index contributed by atoms with van der Waals surface area (Å²) in [6, 6.07) is 10.3. The number of aromatic carboxylic acids is 1. The van der Waals surface area contributed by atoms with E-state index in [0.717, 1.165) is 43.8 Å². The van der Waals surface area contributed by atoms with Crippen LogP contribution in [0.1, 0.15) is 66.4 Å². The molecule has 0 atom stereocenters. The summed E-state index contributed by atoms with van der Waals surface area (Å²) >= 11 is 1.00. The summed E-state index contributed by atoms with van der Waals surface area (Å²) in [7, 11) is 0. The summed E-state index contributed by atoms with van der Waals surface area (Å²) in [6.07, 6.45) is 6.36. The van der Waals surface area contributed by atoms with Crippen molar-refractivity contribution in [1.82, 2.24) is 10.5 Å². The molecule has 1 aliphatic carbocycles. The van der Waals surface area contributed by atoms with E-state index in [4.69, 9.17) is 9.94 Å². The number of nitrogens with one attached hydrogen (secondary N) is 2. The van der Waals surface area contributed by atoms with E-state index in [2.05, 4.69) is 34.8 Å². The molecule has 2 aromatic rings. The molecule has 30 heavy (non-hydrogen) atoms. The van der Waals surface area contributed by atoms with Gasteiger partial charge in [-0.2, -0.15) is 5.48 Å². The van der Waals surface area contributed by atoms with Crippen LogP contribution in [0.3, 0.4) is 0 Å². The highest BCUT2D eigenvalue weighted by atomic mass is 32.1. The number of unbranched alkanes of at least 4 members (excludes halogenated alkanes) is 2. The van der Waals surface area contributed by atoms with Crippen LogP contribution in [0, 0.1) is 12.8 Å². The number of carbonyl (C=O) groups is 2. The van der Waals surface area contributed by atoms with E-state index < -0.39 is 5.97 Å². The third-order valence-corrected chi connectivity index (χ3v) is 5.54. The van der Waals surface area contributed by atoms with E-state index in [1.165, 1.54) is 18.4 Å². The van der Waals surface area contributed by atoms with Gasteiger partial charge in [0, 0.05) is 13.0 Å². The van der Waals surface area contributed by atoms with Gasteiger partial charge in [0.2, 0.25) is 5.91 Å². The maximum absolute atomic E-state index is 11.5. The van der Waals surface area contributed by atoms with Crippen LogP contribution < -0.4 is 10.8 Å². The molecule has 8 heteroatoms. The Bertz CT molecular complexity index is 791. The number of carbonyl (C=O) groups excluding carboxylic acids is 1. The minimum atomic E-state index is -1.00. The van der Waals surface area contributed by atoms with E-state index >= 15 is 0 Å². The predicted octanol–water partition coefficient (Wildman–Crippen LogP) is 4.79. The van der Waals surface area contributed by atoms with Gasteiger partial charge < -0.3 is 15.3 Å². The summed E-state index contributed by atoms with van der Waals surface area (Å²) in [6.45, 7) is 5.40. The van der Waals surface area contributed by atoms with Crippen LogP contribution in [0.15, 0.2) is 30.3 Å². The van der Waals surface area contributed by atoms with Crippen molar-refractivity contribution in [2.45, 2.75) is 58.9 Å². The van der Waals surface area contributed by atoms with Gasteiger partial charge in [0.05, 0.1) is 12.3 Å². The molecule has 164 valence electrons. The molecule has 1 heterocycles. The zero-order valence-corrected chi connectivity index (χ0v) is 18.5. The summed E-state index contributed by atoms with van der Waals surface area (Å²) in [5.41, 5.74) is 4.66. The van der Waals surface area contributed by atoms with Crippen molar-refractivity contribution in [2.24, 2.45) is 5.92 Å². The lowest BCUT2D eigenvalue weighted by atomic mass is 10.2. The van der Waals surface area contributed by atoms with Crippen LogP contribution in [-0.4, -0.2) is 28.6 Å². The van der Waals surface area contributed by atoms with Crippen LogP contribution >= 0.6 is 11.3 Å². The van der Waals surface area contributed by atoms with Crippen LogP contribution in [0.2, 0.25) is 0 Å². The first kappa shape index (κ1) is 24.0. The molecule has 1 amide bonds. The van der Waals surface area contributed by atoms with Crippen LogP contribution in [0.25, 0.3) is 0 Å². The highest BCUT2D eigenvalue weighted by Crippen LogP contribution is 2.33. The van der Waals surface area contributed by atoms with Gasteiger partial charge in [-0.05, 0) is 37.7 Å². The second-order valence-electron chi connectivity index (χ2n) is 7.30. The normalized spacial score (nSPS) is 12.7. The Labute approximate surface area is 181 Å². The molecule has 1 aromatic carbocycles. The lowest BCUT2D eigenvalue weighted by molar-refractivity contribution is -0.116. The summed E-state index contributed by atoms with van der Waals surface area (Å²) in [5, 5.41) is 11.8. The Kier molecular flexibility index (Phi) is 10.5. The van der Waals surface area contributed by atoms with Gasteiger partial charge in [-0.3, -0.25) is 4.79 Å². The zero-order valence-electron chi connectivity index (χ0n) is 17.6.